The maximum Gasteiger partial charge on any atom is 0.0438 e. The van der Waals surface area contributed by atoms with Gasteiger partial charge in [-0.25, -0.2) is 0 Å². The molecule has 0 saturated heterocycles. The number of aryl methyl sites for hydroxylation is 2. The van der Waals surface area contributed by atoms with Gasteiger partial charge < -0.3 is 10.8 Å². The van der Waals surface area contributed by atoms with Gasteiger partial charge >= 0.3 is 0 Å². The van der Waals surface area contributed by atoms with Gasteiger partial charge in [0.1, 0.15) is 0 Å². The van der Waals surface area contributed by atoms with Crippen LogP contribution in [0.5, 0.6) is 0 Å². The minimum atomic E-state index is 0.0993. The van der Waals surface area contributed by atoms with Gasteiger partial charge in [-0.1, -0.05) is 29.3 Å². The molecule has 0 aliphatic heterocycles. The Morgan fingerprint density at radius 2 is 1.88 bits per heavy atom. The van der Waals surface area contributed by atoms with Crippen LogP contribution in [0.15, 0.2) is 18.2 Å². The van der Waals surface area contributed by atoms with Crippen molar-refractivity contribution in [1.29, 1.82) is 0 Å². The summed E-state index contributed by atoms with van der Waals surface area (Å²) in [6.07, 6.45) is 0.851. The summed E-state index contributed by atoms with van der Waals surface area (Å²) in [5, 5.41) is 8.68. The highest BCUT2D eigenvalue weighted by Gasteiger charge is 2.06. The summed E-state index contributed by atoms with van der Waals surface area (Å²) in [6, 6.07) is 6.58. The van der Waals surface area contributed by atoms with E-state index >= 15 is 0 Å². The van der Waals surface area contributed by atoms with E-state index < -0.39 is 0 Å². The second-order valence-electron chi connectivity index (χ2n) is 4.18. The standard InChI is InChI=1S/C13H21NOS/c1-10-6-11(2)8-12(7-10)13(14)9-16-5-3-4-15/h6-8,13,15H,3-5,9,14H2,1-2H3. The SMILES string of the molecule is Cc1cc(C)cc(C(N)CSCCCO)c1. The molecule has 0 saturated carbocycles. The smallest absolute Gasteiger partial charge is 0.0438 e. The third-order valence-corrected chi connectivity index (χ3v) is 3.59. The largest absolute Gasteiger partial charge is 0.396 e. The Morgan fingerprint density at radius 1 is 1.25 bits per heavy atom. The van der Waals surface area contributed by atoms with Crippen molar-refractivity contribution < 1.29 is 5.11 Å². The number of hydrogen-bond donors (Lipinski definition) is 2. The quantitative estimate of drug-likeness (QED) is 0.749. The summed E-state index contributed by atoms with van der Waals surface area (Å²) in [5.74, 6) is 1.90. The zero-order valence-electron chi connectivity index (χ0n) is 10.1. The predicted molar refractivity (Wildman–Crippen MR) is 71.9 cm³/mol. The highest BCUT2D eigenvalue weighted by molar-refractivity contribution is 7.99. The van der Waals surface area contributed by atoms with Crippen molar-refractivity contribution in [1.82, 2.24) is 0 Å². The van der Waals surface area contributed by atoms with Crippen LogP contribution in [-0.2, 0) is 0 Å². The Balaban J connectivity index is 2.48. The van der Waals surface area contributed by atoms with Crippen LogP contribution in [0.3, 0.4) is 0 Å². The van der Waals surface area contributed by atoms with Gasteiger partial charge in [0.25, 0.3) is 0 Å². The van der Waals surface area contributed by atoms with Crippen molar-refractivity contribution in [3.05, 3.63) is 34.9 Å². The first-order valence-electron chi connectivity index (χ1n) is 5.66. The summed E-state index contributed by atoms with van der Waals surface area (Å²) in [7, 11) is 0. The van der Waals surface area contributed by atoms with Crippen molar-refractivity contribution in [3.63, 3.8) is 0 Å². The number of benzene rings is 1. The first-order chi connectivity index (χ1) is 7.63. The highest BCUT2D eigenvalue weighted by Crippen LogP contribution is 2.19. The fraction of sp³-hybridized carbons (Fsp3) is 0.538. The van der Waals surface area contributed by atoms with Gasteiger partial charge in [0.15, 0.2) is 0 Å². The molecule has 0 bridgehead atoms. The van der Waals surface area contributed by atoms with Gasteiger partial charge in [0.2, 0.25) is 0 Å². The first kappa shape index (κ1) is 13.6. The molecule has 0 aliphatic rings. The molecule has 0 aliphatic carbocycles. The van der Waals surface area contributed by atoms with E-state index in [1.54, 1.807) is 0 Å². The van der Waals surface area contributed by atoms with E-state index in [2.05, 4.69) is 32.0 Å². The number of thioether (sulfide) groups is 1. The topological polar surface area (TPSA) is 46.2 Å². The van der Waals surface area contributed by atoms with E-state index in [0.717, 1.165) is 17.9 Å². The van der Waals surface area contributed by atoms with Crippen LogP contribution < -0.4 is 5.73 Å². The van der Waals surface area contributed by atoms with Gasteiger partial charge in [0.05, 0.1) is 0 Å². The molecule has 0 aromatic heterocycles. The van der Waals surface area contributed by atoms with Crippen LogP contribution in [0.4, 0.5) is 0 Å². The summed E-state index contributed by atoms with van der Waals surface area (Å²) >= 11 is 1.81. The monoisotopic (exact) mass is 239 g/mol. The number of aliphatic hydroxyl groups excluding tert-OH is 1. The average Bonchev–Trinajstić information content (AvgIpc) is 2.22. The molecule has 1 atom stereocenters. The van der Waals surface area contributed by atoms with Crippen LogP contribution in [0.25, 0.3) is 0 Å². The van der Waals surface area contributed by atoms with E-state index in [4.69, 9.17) is 10.8 Å². The molecule has 0 heterocycles. The highest BCUT2D eigenvalue weighted by atomic mass is 32.2. The van der Waals surface area contributed by atoms with Gasteiger partial charge in [-0.2, -0.15) is 11.8 Å². The fourth-order valence-corrected chi connectivity index (χ4v) is 2.64. The van der Waals surface area contributed by atoms with Crippen LogP contribution in [0, 0.1) is 13.8 Å². The Morgan fingerprint density at radius 3 is 2.44 bits per heavy atom. The van der Waals surface area contributed by atoms with Crippen molar-refractivity contribution in [3.8, 4) is 0 Å². The molecular weight excluding hydrogens is 218 g/mol. The molecule has 1 aromatic carbocycles. The normalized spacial score (nSPS) is 12.8. The molecule has 90 valence electrons. The van der Waals surface area contributed by atoms with Crippen molar-refractivity contribution in [2.45, 2.75) is 26.3 Å². The minimum Gasteiger partial charge on any atom is -0.396 e. The lowest BCUT2D eigenvalue weighted by atomic mass is 10.0. The maximum absolute atomic E-state index is 8.68. The third-order valence-electron chi connectivity index (χ3n) is 2.42. The van der Waals surface area contributed by atoms with Crippen molar-refractivity contribution in [2.24, 2.45) is 5.73 Å². The second-order valence-corrected chi connectivity index (χ2v) is 5.33. The lowest BCUT2D eigenvalue weighted by Crippen LogP contribution is -2.13. The molecule has 0 spiro atoms. The van der Waals surface area contributed by atoms with E-state index in [0.29, 0.717) is 0 Å². The maximum atomic E-state index is 8.68. The Bertz CT molecular complexity index is 307. The summed E-state index contributed by atoms with van der Waals surface area (Å²) in [5.41, 5.74) is 9.89. The second kappa shape index (κ2) is 6.94. The molecule has 0 amide bonds. The minimum absolute atomic E-state index is 0.0993. The van der Waals surface area contributed by atoms with Crippen LogP contribution in [0.2, 0.25) is 0 Å². The van der Waals surface area contributed by atoms with Crippen molar-refractivity contribution >= 4 is 11.8 Å². The van der Waals surface area contributed by atoms with Crippen molar-refractivity contribution in [2.75, 3.05) is 18.1 Å². The number of aliphatic hydroxyl groups is 1. The summed E-state index contributed by atoms with van der Waals surface area (Å²) < 4.78 is 0. The van der Waals surface area contributed by atoms with E-state index in [9.17, 15) is 0 Å². The lowest BCUT2D eigenvalue weighted by molar-refractivity contribution is 0.296. The molecule has 1 unspecified atom stereocenters. The first-order valence-corrected chi connectivity index (χ1v) is 6.81. The molecular formula is C13H21NOS. The third kappa shape index (κ3) is 4.56. The number of hydrogen-bond acceptors (Lipinski definition) is 3. The average molecular weight is 239 g/mol. The van der Waals surface area contributed by atoms with Crippen LogP contribution in [0.1, 0.15) is 29.2 Å². The van der Waals surface area contributed by atoms with Gasteiger partial charge in [-0.3, -0.25) is 0 Å². The van der Waals surface area contributed by atoms with E-state index in [-0.39, 0.29) is 12.6 Å². The lowest BCUT2D eigenvalue weighted by Gasteiger charge is -2.13. The molecule has 3 N–H and O–H groups in total. The zero-order valence-corrected chi connectivity index (χ0v) is 10.9. The van der Waals surface area contributed by atoms with Crippen LogP contribution in [-0.4, -0.2) is 23.2 Å². The van der Waals surface area contributed by atoms with Gasteiger partial charge in [-0.05, 0) is 31.6 Å². The molecule has 1 rings (SSSR count). The summed E-state index contributed by atoms with van der Waals surface area (Å²) in [4.78, 5) is 0. The number of rotatable bonds is 6. The van der Waals surface area contributed by atoms with Gasteiger partial charge in [-0.15, -0.1) is 0 Å². The molecule has 1 aromatic rings. The van der Waals surface area contributed by atoms with Crippen LogP contribution >= 0.6 is 11.8 Å². The zero-order chi connectivity index (χ0) is 12.0. The molecule has 16 heavy (non-hydrogen) atoms. The molecule has 3 heteroatoms. The molecule has 0 fully saturated rings. The van der Waals surface area contributed by atoms with E-state index in [1.807, 2.05) is 11.8 Å². The van der Waals surface area contributed by atoms with E-state index in [1.165, 1.54) is 16.7 Å². The Kier molecular flexibility index (Phi) is 5.88. The predicted octanol–water partition coefficient (Wildman–Crippen LogP) is 2.42. The Hall–Kier alpha value is -0.510. The molecule has 2 nitrogen and oxygen atoms in total. The fourth-order valence-electron chi connectivity index (χ4n) is 1.70. The van der Waals surface area contributed by atoms with Gasteiger partial charge in [0, 0.05) is 18.4 Å². The number of nitrogens with two attached hydrogens (primary N) is 1. The Labute approximate surface area is 102 Å². The molecule has 0 radical (unpaired) electrons. The summed E-state index contributed by atoms with van der Waals surface area (Å²) in [6.45, 7) is 4.47.